The minimum absolute atomic E-state index is 0.00766. The lowest BCUT2D eigenvalue weighted by Crippen LogP contribution is -2.49. The Bertz CT molecular complexity index is 447. The molecule has 1 aromatic rings. The summed E-state index contributed by atoms with van der Waals surface area (Å²) in [4.78, 5) is 11.3. The molecule has 0 aliphatic rings. The van der Waals surface area contributed by atoms with Crippen LogP contribution in [-0.4, -0.2) is 26.8 Å². The average molecular weight is 267 g/mol. The van der Waals surface area contributed by atoms with E-state index in [0.717, 1.165) is 19.3 Å². The second-order valence-electron chi connectivity index (χ2n) is 4.91. The van der Waals surface area contributed by atoms with Gasteiger partial charge in [-0.05, 0) is 30.2 Å². The van der Waals surface area contributed by atoms with Crippen LogP contribution in [-0.2, 0) is 11.2 Å². The zero-order chi connectivity index (χ0) is 14.5. The minimum Gasteiger partial charge on any atom is -0.508 e. The van der Waals surface area contributed by atoms with E-state index in [4.69, 9.17) is 5.73 Å². The molecule has 0 saturated heterocycles. The van der Waals surface area contributed by atoms with Crippen LogP contribution in [0, 0.1) is 0 Å². The summed E-state index contributed by atoms with van der Waals surface area (Å²) in [7, 11) is 0. The highest BCUT2D eigenvalue weighted by Gasteiger charge is 2.34. The van der Waals surface area contributed by atoms with Gasteiger partial charge in [-0.1, -0.05) is 26.2 Å². The monoisotopic (exact) mass is 267 g/mol. The van der Waals surface area contributed by atoms with Gasteiger partial charge in [0.25, 0.3) is 0 Å². The number of hydrogen-bond donors (Lipinski definition) is 4. The van der Waals surface area contributed by atoms with Gasteiger partial charge in [0.1, 0.15) is 17.0 Å². The van der Waals surface area contributed by atoms with E-state index in [1.807, 2.05) is 6.92 Å². The second kappa shape index (κ2) is 6.43. The van der Waals surface area contributed by atoms with Crippen LogP contribution in [0.25, 0.3) is 0 Å². The number of aliphatic carboxylic acids is 1. The van der Waals surface area contributed by atoms with Crippen molar-refractivity contribution < 1.29 is 20.1 Å². The number of unbranched alkanes of at least 4 members (excludes halogenated alkanes) is 2. The third-order valence-electron chi connectivity index (χ3n) is 3.22. The summed E-state index contributed by atoms with van der Waals surface area (Å²) in [6.07, 6.45) is 2.95. The zero-order valence-corrected chi connectivity index (χ0v) is 11.1. The molecule has 19 heavy (non-hydrogen) atoms. The van der Waals surface area contributed by atoms with Crippen molar-refractivity contribution in [1.82, 2.24) is 0 Å². The molecule has 5 N–H and O–H groups in total. The molecular weight excluding hydrogens is 246 g/mol. The van der Waals surface area contributed by atoms with E-state index >= 15 is 0 Å². The molecule has 0 radical (unpaired) electrons. The number of carboxylic acid groups (broad SMARTS) is 1. The Morgan fingerprint density at radius 1 is 1.32 bits per heavy atom. The van der Waals surface area contributed by atoms with Gasteiger partial charge >= 0.3 is 5.97 Å². The largest absolute Gasteiger partial charge is 0.508 e. The normalized spacial score (nSPS) is 14.0. The fraction of sp³-hybridized carbons (Fsp3) is 0.500. The number of carboxylic acids is 1. The van der Waals surface area contributed by atoms with E-state index in [2.05, 4.69) is 0 Å². The van der Waals surface area contributed by atoms with Crippen LogP contribution in [0.1, 0.15) is 38.2 Å². The summed E-state index contributed by atoms with van der Waals surface area (Å²) >= 11 is 0. The lowest BCUT2D eigenvalue weighted by atomic mass is 9.86. The number of rotatable bonds is 7. The summed E-state index contributed by atoms with van der Waals surface area (Å²) in [6.45, 7) is 2.03. The molecule has 0 heterocycles. The highest BCUT2D eigenvalue weighted by atomic mass is 16.4. The van der Waals surface area contributed by atoms with Crippen molar-refractivity contribution >= 4 is 5.97 Å². The van der Waals surface area contributed by atoms with Crippen LogP contribution < -0.4 is 5.73 Å². The molecule has 0 aliphatic heterocycles. The van der Waals surface area contributed by atoms with Crippen LogP contribution >= 0.6 is 0 Å². The Hall–Kier alpha value is -1.75. The van der Waals surface area contributed by atoms with Gasteiger partial charge in [0.15, 0.2) is 0 Å². The Morgan fingerprint density at radius 2 is 2.00 bits per heavy atom. The van der Waals surface area contributed by atoms with Crippen LogP contribution in [0.4, 0.5) is 0 Å². The van der Waals surface area contributed by atoms with E-state index < -0.39 is 11.5 Å². The fourth-order valence-electron chi connectivity index (χ4n) is 2.01. The average Bonchev–Trinajstić information content (AvgIpc) is 2.34. The minimum atomic E-state index is -1.42. The Labute approximate surface area is 112 Å². The maximum absolute atomic E-state index is 11.3. The van der Waals surface area contributed by atoms with Gasteiger partial charge in [0.2, 0.25) is 0 Å². The molecule has 106 valence electrons. The fourth-order valence-corrected chi connectivity index (χ4v) is 2.01. The van der Waals surface area contributed by atoms with Crippen LogP contribution in [0.2, 0.25) is 0 Å². The SMILES string of the molecule is CCCCC[C@](N)(Cc1cc(O)ccc1O)C(=O)O. The standard InChI is InChI=1S/C14H21NO4/c1-2-3-4-7-14(15,13(18)19)9-10-8-11(16)5-6-12(10)17/h5-6,8,16-17H,2-4,7,9,15H2,1H3,(H,18,19)/t14-/m0/s1. The number of phenols is 2. The summed E-state index contributed by atoms with van der Waals surface area (Å²) in [5.41, 5.74) is 4.87. The lowest BCUT2D eigenvalue weighted by molar-refractivity contribution is -0.143. The van der Waals surface area contributed by atoms with Crippen molar-refractivity contribution in [2.45, 2.75) is 44.6 Å². The molecule has 0 amide bonds. The van der Waals surface area contributed by atoms with Crippen LogP contribution in [0.3, 0.4) is 0 Å². The maximum Gasteiger partial charge on any atom is 0.324 e. The Morgan fingerprint density at radius 3 is 2.58 bits per heavy atom. The smallest absolute Gasteiger partial charge is 0.324 e. The molecule has 1 atom stereocenters. The summed E-state index contributed by atoms with van der Waals surface area (Å²) in [6, 6.07) is 4.02. The molecule has 0 saturated carbocycles. The van der Waals surface area contributed by atoms with Gasteiger partial charge in [-0.15, -0.1) is 0 Å². The molecular formula is C14H21NO4. The number of hydrogen-bond acceptors (Lipinski definition) is 4. The molecule has 0 fully saturated rings. The first-order valence-electron chi connectivity index (χ1n) is 6.42. The molecule has 0 spiro atoms. The predicted molar refractivity (Wildman–Crippen MR) is 72.2 cm³/mol. The summed E-state index contributed by atoms with van der Waals surface area (Å²) in [5.74, 6) is -1.16. The van der Waals surface area contributed by atoms with Gasteiger partial charge in [-0.25, -0.2) is 0 Å². The Balaban J connectivity index is 2.88. The maximum atomic E-state index is 11.3. The second-order valence-corrected chi connectivity index (χ2v) is 4.91. The van der Waals surface area contributed by atoms with Crippen LogP contribution in [0.15, 0.2) is 18.2 Å². The van der Waals surface area contributed by atoms with Gasteiger partial charge < -0.3 is 21.1 Å². The zero-order valence-electron chi connectivity index (χ0n) is 11.1. The lowest BCUT2D eigenvalue weighted by Gasteiger charge is -2.25. The molecule has 5 nitrogen and oxygen atoms in total. The van der Waals surface area contributed by atoms with E-state index in [-0.39, 0.29) is 17.9 Å². The van der Waals surface area contributed by atoms with E-state index in [1.54, 1.807) is 0 Å². The first-order valence-corrected chi connectivity index (χ1v) is 6.42. The molecule has 0 bridgehead atoms. The van der Waals surface area contributed by atoms with E-state index in [1.165, 1.54) is 18.2 Å². The predicted octanol–water partition coefficient (Wildman–Crippen LogP) is 2.00. The number of benzene rings is 1. The van der Waals surface area contributed by atoms with Crippen molar-refractivity contribution in [3.63, 3.8) is 0 Å². The molecule has 5 heteroatoms. The van der Waals surface area contributed by atoms with Crippen LogP contribution in [0.5, 0.6) is 11.5 Å². The number of carbonyl (C=O) groups is 1. The third-order valence-corrected chi connectivity index (χ3v) is 3.22. The quantitative estimate of drug-likeness (QED) is 0.447. The molecule has 0 aliphatic carbocycles. The number of aromatic hydroxyl groups is 2. The highest BCUT2D eigenvalue weighted by Crippen LogP contribution is 2.27. The van der Waals surface area contributed by atoms with Crippen molar-refractivity contribution in [3.05, 3.63) is 23.8 Å². The van der Waals surface area contributed by atoms with Gasteiger partial charge in [-0.3, -0.25) is 4.79 Å². The molecule has 1 aromatic carbocycles. The molecule has 0 aromatic heterocycles. The summed E-state index contributed by atoms with van der Waals surface area (Å²) < 4.78 is 0. The highest BCUT2D eigenvalue weighted by molar-refractivity contribution is 5.79. The van der Waals surface area contributed by atoms with Crippen molar-refractivity contribution in [2.75, 3.05) is 0 Å². The third kappa shape index (κ3) is 4.13. The molecule has 0 unspecified atom stereocenters. The van der Waals surface area contributed by atoms with Crippen molar-refractivity contribution in [3.8, 4) is 11.5 Å². The van der Waals surface area contributed by atoms with Gasteiger partial charge in [-0.2, -0.15) is 0 Å². The van der Waals surface area contributed by atoms with Crippen molar-refractivity contribution in [2.24, 2.45) is 5.73 Å². The summed E-state index contributed by atoms with van der Waals surface area (Å²) in [5, 5.41) is 28.4. The topological polar surface area (TPSA) is 104 Å². The number of phenolic OH excluding ortho intramolecular Hbond substituents is 2. The Kier molecular flexibility index (Phi) is 5.18. The first kappa shape index (κ1) is 15.3. The van der Waals surface area contributed by atoms with E-state index in [9.17, 15) is 20.1 Å². The first-order chi connectivity index (χ1) is 8.89. The van der Waals surface area contributed by atoms with Gasteiger partial charge in [0, 0.05) is 6.42 Å². The van der Waals surface area contributed by atoms with Crippen molar-refractivity contribution in [1.29, 1.82) is 0 Å². The number of nitrogens with two attached hydrogens (primary N) is 1. The van der Waals surface area contributed by atoms with E-state index in [0.29, 0.717) is 12.0 Å². The molecule has 1 rings (SSSR count). The van der Waals surface area contributed by atoms with Gasteiger partial charge in [0.05, 0.1) is 0 Å².